The number of ketones is 1. The Hall–Kier alpha value is -3.08. The predicted molar refractivity (Wildman–Crippen MR) is 122 cm³/mol. The van der Waals surface area contributed by atoms with E-state index in [0.717, 1.165) is 41.7 Å². The van der Waals surface area contributed by atoms with Crippen molar-refractivity contribution in [2.45, 2.75) is 53.0 Å². The van der Waals surface area contributed by atoms with Crippen molar-refractivity contribution in [1.82, 2.24) is 4.90 Å². The van der Waals surface area contributed by atoms with Gasteiger partial charge in [-0.2, -0.15) is 0 Å². The standard InChI is InChI=1S/C26H31NO4/c1-5-7-8-15-27-23(19-11-13-20(14-12-19)31-6-2)22(25(29)26(27)30)24(28)21-16-17(3)9-10-18(21)4/h9-14,16,23,28H,5-8,15H2,1-4H3/b24-22+. The van der Waals surface area contributed by atoms with E-state index in [0.29, 0.717) is 18.7 Å². The van der Waals surface area contributed by atoms with E-state index in [4.69, 9.17) is 4.74 Å². The van der Waals surface area contributed by atoms with Gasteiger partial charge >= 0.3 is 0 Å². The van der Waals surface area contributed by atoms with Crippen molar-refractivity contribution >= 4 is 17.4 Å². The van der Waals surface area contributed by atoms with Gasteiger partial charge in [0.25, 0.3) is 11.7 Å². The van der Waals surface area contributed by atoms with Gasteiger partial charge in [-0.15, -0.1) is 0 Å². The van der Waals surface area contributed by atoms with Crippen molar-refractivity contribution in [3.8, 4) is 5.75 Å². The molecule has 1 unspecified atom stereocenters. The first-order valence-electron chi connectivity index (χ1n) is 11.0. The number of benzene rings is 2. The zero-order chi connectivity index (χ0) is 22.5. The molecule has 5 nitrogen and oxygen atoms in total. The van der Waals surface area contributed by atoms with Crippen LogP contribution < -0.4 is 4.74 Å². The molecule has 0 aliphatic carbocycles. The van der Waals surface area contributed by atoms with Crippen LogP contribution in [-0.4, -0.2) is 34.8 Å². The van der Waals surface area contributed by atoms with Gasteiger partial charge in [0, 0.05) is 12.1 Å². The predicted octanol–water partition coefficient (Wildman–Crippen LogP) is 5.31. The third-order valence-corrected chi connectivity index (χ3v) is 5.70. The van der Waals surface area contributed by atoms with Gasteiger partial charge in [-0.05, 0) is 56.5 Å². The number of aliphatic hydroxyl groups excluding tert-OH is 1. The summed E-state index contributed by atoms with van der Waals surface area (Å²) in [4.78, 5) is 27.6. The van der Waals surface area contributed by atoms with E-state index in [9.17, 15) is 14.7 Å². The number of hydrogen-bond donors (Lipinski definition) is 1. The number of rotatable bonds is 8. The first kappa shape index (κ1) is 22.6. The average Bonchev–Trinajstić information content (AvgIpc) is 3.01. The second-order valence-electron chi connectivity index (χ2n) is 8.02. The minimum Gasteiger partial charge on any atom is -0.507 e. The number of Topliss-reactive ketones (excluding diaryl/α,β-unsaturated/α-hetero) is 1. The van der Waals surface area contributed by atoms with Crippen molar-refractivity contribution in [3.05, 3.63) is 70.3 Å². The van der Waals surface area contributed by atoms with Crippen LogP contribution in [0.5, 0.6) is 5.75 Å². The zero-order valence-corrected chi connectivity index (χ0v) is 18.8. The van der Waals surface area contributed by atoms with Gasteiger partial charge in [-0.1, -0.05) is 49.6 Å². The van der Waals surface area contributed by atoms with Gasteiger partial charge in [0.15, 0.2) is 0 Å². The van der Waals surface area contributed by atoms with Crippen molar-refractivity contribution in [2.75, 3.05) is 13.2 Å². The molecule has 1 fully saturated rings. The molecule has 0 radical (unpaired) electrons. The summed E-state index contributed by atoms with van der Waals surface area (Å²) in [5.41, 5.74) is 3.35. The first-order chi connectivity index (χ1) is 14.9. The third-order valence-electron chi connectivity index (χ3n) is 5.70. The zero-order valence-electron chi connectivity index (χ0n) is 18.8. The topological polar surface area (TPSA) is 66.8 Å². The second kappa shape index (κ2) is 9.82. The van der Waals surface area contributed by atoms with Gasteiger partial charge in [0.2, 0.25) is 0 Å². The van der Waals surface area contributed by atoms with Crippen LogP contribution in [0.15, 0.2) is 48.0 Å². The van der Waals surface area contributed by atoms with Crippen LogP contribution in [0.3, 0.4) is 0 Å². The van der Waals surface area contributed by atoms with Crippen LogP contribution >= 0.6 is 0 Å². The number of aryl methyl sites for hydroxylation is 2. The smallest absolute Gasteiger partial charge is 0.295 e. The summed E-state index contributed by atoms with van der Waals surface area (Å²) < 4.78 is 5.54. The van der Waals surface area contributed by atoms with Crippen LogP contribution in [0.4, 0.5) is 0 Å². The molecule has 0 aromatic heterocycles. The van der Waals surface area contributed by atoms with E-state index < -0.39 is 17.7 Å². The van der Waals surface area contributed by atoms with E-state index in [1.807, 2.05) is 63.2 Å². The molecule has 0 saturated carbocycles. The van der Waals surface area contributed by atoms with E-state index in [1.54, 1.807) is 4.90 Å². The third kappa shape index (κ3) is 4.66. The van der Waals surface area contributed by atoms with Crippen molar-refractivity contribution < 1.29 is 19.4 Å². The Labute approximate surface area is 184 Å². The van der Waals surface area contributed by atoms with Crippen LogP contribution in [0.25, 0.3) is 5.76 Å². The molecule has 5 heteroatoms. The fourth-order valence-electron chi connectivity index (χ4n) is 4.04. The largest absolute Gasteiger partial charge is 0.507 e. The van der Waals surface area contributed by atoms with Crippen LogP contribution in [0, 0.1) is 13.8 Å². The van der Waals surface area contributed by atoms with Crippen LogP contribution in [0.1, 0.15) is 61.4 Å². The number of likely N-dealkylation sites (tertiary alicyclic amines) is 1. The molecule has 2 aromatic rings. The maximum absolute atomic E-state index is 13.1. The van der Waals surface area contributed by atoms with E-state index in [-0.39, 0.29) is 11.3 Å². The summed E-state index contributed by atoms with van der Waals surface area (Å²) in [7, 11) is 0. The Kier molecular flexibility index (Phi) is 7.16. The fourth-order valence-corrected chi connectivity index (χ4v) is 4.04. The number of carbonyl (C=O) groups is 2. The van der Waals surface area contributed by atoms with Gasteiger partial charge in [0.1, 0.15) is 11.5 Å². The lowest BCUT2D eigenvalue weighted by molar-refractivity contribution is -0.139. The Balaban J connectivity index is 2.13. The molecule has 1 aliphatic heterocycles. The van der Waals surface area contributed by atoms with E-state index >= 15 is 0 Å². The summed E-state index contributed by atoms with van der Waals surface area (Å²) in [5.74, 6) is -0.573. The van der Waals surface area contributed by atoms with Gasteiger partial charge in [0.05, 0.1) is 18.2 Å². The molecule has 1 aliphatic rings. The number of aliphatic hydroxyl groups is 1. The number of unbranched alkanes of at least 4 members (excludes halogenated alkanes) is 2. The Bertz CT molecular complexity index is 991. The molecule has 31 heavy (non-hydrogen) atoms. The number of hydrogen-bond acceptors (Lipinski definition) is 4. The summed E-state index contributed by atoms with van der Waals surface area (Å²) in [5, 5.41) is 11.2. The molecule has 1 atom stereocenters. The molecule has 1 amide bonds. The summed E-state index contributed by atoms with van der Waals surface area (Å²) in [6, 6.07) is 12.5. The van der Waals surface area contributed by atoms with Crippen molar-refractivity contribution in [3.63, 3.8) is 0 Å². The highest BCUT2D eigenvalue weighted by Crippen LogP contribution is 2.40. The van der Waals surface area contributed by atoms with Crippen molar-refractivity contribution in [1.29, 1.82) is 0 Å². The molecule has 2 aromatic carbocycles. The monoisotopic (exact) mass is 421 g/mol. The molecule has 1 saturated heterocycles. The Morgan fingerprint density at radius 1 is 1.03 bits per heavy atom. The fraction of sp³-hybridized carbons (Fsp3) is 0.385. The number of ether oxygens (including phenoxy) is 1. The van der Waals surface area contributed by atoms with Crippen LogP contribution in [0.2, 0.25) is 0 Å². The Morgan fingerprint density at radius 2 is 1.74 bits per heavy atom. The van der Waals surface area contributed by atoms with E-state index in [2.05, 4.69) is 6.92 Å². The normalized spacial score (nSPS) is 17.9. The first-order valence-corrected chi connectivity index (χ1v) is 11.0. The second-order valence-corrected chi connectivity index (χ2v) is 8.02. The molecule has 0 bridgehead atoms. The lowest BCUT2D eigenvalue weighted by Gasteiger charge is -2.25. The maximum Gasteiger partial charge on any atom is 0.295 e. The number of amides is 1. The highest BCUT2D eigenvalue weighted by atomic mass is 16.5. The minimum absolute atomic E-state index is 0.114. The number of carbonyl (C=O) groups excluding carboxylic acids is 2. The molecule has 164 valence electrons. The number of nitrogens with zero attached hydrogens (tertiary/aromatic N) is 1. The van der Waals surface area contributed by atoms with Gasteiger partial charge in [-0.25, -0.2) is 0 Å². The lowest BCUT2D eigenvalue weighted by Crippen LogP contribution is -2.30. The molecule has 3 rings (SSSR count). The van der Waals surface area contributed by atoms with Gasteiger partial charge in [-0.3, -0.25) is 9.59 Å². The average molecular weight is 422 g/mol. The highest BCUT2D eigenvalue weighted by Gasteiger charge is 2.45. The molecular formula is C26H31NO4. The summed E-state index contributed by atoms with van der Waals surface area (Å²) in [6.07, 6.45) is 2.79. The SMILES string of the molecule is CCCCCN1C(=O)C(=O)/C(=C(/O)c2cc(C)ccc2C)C1c1ccc(OCC)cc1. The van der Waals surface area contributed by atoms with Crippen LogP contribution in [-0.2, 0) is 9.59 Å². The summed E-state index contributed by atoms with van der Waals surface area (Å²) >= 11 is 0. The van der Waals surface area contributed by atoms with E-state index in [1.165, 1.54) is 0 Å². The molecule has 0 spiro atoms. The molecule has 1 N–H and O–H groups in total. The molecule has 1 heterocycles. The van der Waals surface area contributed by atoms with Gasteiger partial charge < -0.3 is 14.7 Å². The molecular weight excluding hydrogens is 390 g/mol. The van der Waals surface area contributed by atoms with Crippen molar-refractivity contribution in [2.24, 2.45) is 0 Å². The lowest BCUT2D eigenvalue weighted by atomic mass is 9.93. The Morgan fingerprint density at radius 3 is 2.39 bits per heavy atom. The maximum atomic E-state index is 13.1. The quantitative estimate of drug-likeness (QED) is 0.271. The highest BCUT2D eigenvalue weighted by molar-refractivity contribution is 6.46. The summed E-state index contributed by atoms with van der Waals surface area (Å²) in [6.45, 7) is 8.86. The minimum atomic E-state index is -0.631.